The minimum Gasteiger partial charge on any atom is -0.489 e. The predicted molar refractivity (Wildman–Crippen MR) is 120 cm³/mol. The molecule has 0 atom stereocenters. The molecule has 0 amide bonds. The number of hydrogen-bond donors (Lipinski definition) is 1. The Bertz CT molecular complexity index is 1160. The van der Waals surface area contributed by atoms with Crippen molar-refractivity contribution in [1.82, 2.24) is 14.5 Å². The first-order valence-corrected chi connectivity index (χ1v) is 10.6. The summed E-state index contributed by atoms with van der Waals surface area (Å²) in [5, 5.41) is 0.928. The summed E-state index contributed by atoms with van der Waals surface area (Å²) in [7, 11) is 0. The van der Waals surface area contributed by atoms with Crippen molar-refractivity contribution >= 4 is 16.9 Å². The maximum Gasteiger partial charge on any atom is 0.146 e. The van der Waals surface area contributed by atoms with Gasteiger partial charge in [-0.25, -0.2) is 9.97 Å². The Labute approximate surface area is 176 Å². The molecule has 4 aromatic rings. The Balaban J connectivity index is 1.49. The molecule has 1 aliphatic rings. The van der Waals surface area contributed by atoms with Crippen LogP contribution in [0.25, 0.3) is 22.2 Å². The lowest BCUT2D eigenvalue weighted by Crippen LogP contribution is -2.25. The summed E-state index contributed by atoms with van der Waals surface area (Å²) in [4.78, 5) is 8.84. The normalized spacial score (nSPS) is 18.3. The third kappa shape index (κ3) is 3.41. The standard InChI is InChI=1S/C25H26N4O/c1-2-17-11-20(12-17)29-14-22(23-24(26)27-16-28-25(23)29)19-9-6-10-21(13-19)30-15-18-7-4-3-5-8-18/h3-10,13-14,16-17,20H,2,11-12,15H2,1H3,(H2,26,27,28). The summed E-state index contributed by atoms with van der Waals surface area (Å²) in [6.45, 7) is 2.80. The van der Waals surface area contributed by atoms with E-state index in [1.54, 1.807) is 6.33 Å². The van der Waals surface area contributed by atoms with E-state index in [0.29, 0.717) is 18.5 Å². The maximum atomic E-state index is 6.30. The molecule has 0 aliphatic heterocycles. The van der Waals surface area contributed by atoms with E-state index in [4.69, 9.17) is 10.5 Å². The molecule has 152 valence electrons. The summed E-state index contributed by atoms with van der Waals surface area (Å²) in [6.07, 6.45) is 7.39. The van der Waals surface area contributed by atoms with Crippen LogP contribution in [0.4, 0.5) is 5.82 Å². The van der Waals surface area contributed by atoms with Crippen LogP contribution in [0.3, 0.4) is 0 Å². The van der Waals surface area contributed by atoms with Crippen LogP contribution in [-0.4, -0.2) is 14.5 Å². The number of ether oxygens (including phenoxy) is 1. The molecule has 0 spiro atoms. The summed E-state index contributed by atoms with van der Waals surface area (Å²) in [5.74, 6) is 2.17. The second-order valence-electron chi connectivity index (χ2n) is 8.11. The number of nitrogens with two attached hydrogens (primary N) is 1. The second kappa shape index (κ2) is 7.82. The number of nitrogens with zero attached hydrogens (tertiary/aromatic N) is 3. The van der Waals surface area contributed by atoms with Gasteiger partial charge in [0.1, 0.15) is 30.1 Å². The Morgan fingerprint density at radius 3 is 2.70 bits per heavy atom. The van der Waals surface area contributed by atoms with Gasteiger partial charge in [-0.05, 0) is 42.0 Å². The van der Waals surface area contributed by atoms with E-state index in [-0.39, 0.29) is 0 Å². The molecule has 2 heterocycles. The minimum atomic E-state index is 0.484. The summed E-state index contributed by atoms with van der Waals surface area (Å²) in [5.41, 5.74) is 10.5. The molecule has 0 radical (unpaired) electrons. The van der Waals surface area contributed by atoms with E-state index < -0.39 is 0 Å². The second-order valence-corrected chi connectivity index (χ2v) is 8.11. The Kier molecular flexibility index (Phi) is 4.87. The van der Waals surface area contributed by atoms with E-state index in [9.17, 15) is 0 Å². The number of nitrogen functional groups attached to an aromatic ring is 1. The van der Waals surface area contributed by atoms with Crippen LogP contribution in [0.1, 0.15) is 37.8 Å². The minimum absolute atomic E-state index is 0.484. The monoisotopic (exact) mass is 398 g/mol. The fourth-order valence-corrected chi connectivity index (χ4v) is 4.36. The average Bonchev–Trinajstić information content (AvgIpc) is 3.13. The van der Waals surface area contributed by atoms with Gasteiger partial charge in [-0.2, -0.15) is 0 Å². The van der Waals surface area contributed by atoms with Crippen molar-refractivity contribution in [3.8, 4) is 16.9 Å². The zero-order chi connectivity index (χ0) is 20.5. The zero-order valence-corrected chi connectivity index (χ0v) is 17.2. The largest absolute Gasteiger partial charge is 0.489 e. The molecule has 1 saturated carbocycles. The van der Waals surface area contributed by atoms with Crippen molar-refractivity contribution in [3.63, 3.8) is 0 Å². The first kappa shape index (κ1) is 18.7. The molecule has 0 bridgehead atoms. The fraction of sp³-hybridized carbons (Fsp3) is 0.280. The van der Waals surface area contributed by atoms with Gasteiger partial charge in [-0.15, -0.1) is 0 Å². The molecule has 1 fully saturated rings. The number of anilines is 1. The lowest BCUT2D eigenvalue weighted by molar-refractivity contribution is 0.196. The van der Waals surface area contributed by atoms with E-state index in [1.165, 1.54) is 19.3 Å². The Hall–Kier alpha value is -3.34. The molecule has 5 heteroatoms. The highest BCUT2D eigenvalue weighted by Crippen LogP contribution is 2.44. The number of benzene rings is 2. The molecular weight excluding hydrogens is 372 g/mol. The van der Waals surface area contributed by atoms with Crippen molar-refractivity contribution in [2.45, 2.75) is 38.8 Å². The topological polar surface area (TPSA) is 66.0 Å². The quantitative estimate of drug-likeness (QED) is 0.458. The summed E-state index contributed by atoms with van der Waals surface area (Å²) in [6, 6.07) is 18.9. The maximum absolute atomic E-state index is 6.30. The number of hydrogen-bond acceptors (Lipinski definition) is 4. The van der Waals surface area contributed by atoms with E-state index in [2.05, 4.69) is 51.9 Å². The van der Waals surface area contributed by atoms with Gasteiger partial charge in [0.25, 0.3) is 0 Å². The predicted octanol–water partition coefficient (Wildman–Crippen LogP) is 5.62. The molecule has 2 aromatic carbocycles. The first-order chi connectivity index (χ1) is 14.7. The van der Waals surface area contributed by atoms with Crippen molar-refractivity contribution in [2.24, 2.45) is 5.92 Å². The third-order valence-electron chi connectivity index (χ3n) is 6.21. The van der Waals surface area contributed by atoms with Crippen LogP contribution in [0.15, 0.2) is 67.1 Å². The van der Waals surface area contributed by atoms with Crippen LogP contribution >= 0.6 is 0 Å². The zero-order valence-electron chi connectivity index (χ0n) is 17.2. The average molecular weight is 399 g/mol. The molecule has 0 unspecified atom stereocenters. The van der Waals surface area contributed by atoms with Crippen LogP contribution in [0.5, 0.6) is 5.75 Å². The van der Waals surface area contributed by atoms with Gasteiger partial charge in [0.05, 0.1) is 5.39 Å². The van der Waals surface area contributed by atoms with Crippen molar-refractivity contribution in [3.05, 3.63) is 72.7 Å². The van der Waals surface area contributed by atoms with Crippen LogP contribution in [-0.2, 0) is 6.61 Å². The van der Waals surface area contributed by atoms with Gasteiger partial charge < -0.3 is 15.0 Å². The van der Waals surface area contributed by atoms with E-state index in [0.717, 1.165) is 39.4 Å². The molecule has 2 N–H and O–H groups in total. The molecule has 30 heavy (non-hydrogen) atoms. The lowest BCUT2D eigenvalue weighted by Gasteiger charge is -2.36. The van der Waals surface area contributed by atoms with Crippen molar-refractivity contribution in [1.29, 1.82) is 0 Å². The summed E-state index contributed by atoms with van der Waals surface area (Å²) >= 11 is 0. The van der Waals surface area contributed by atoms with Crippen molar-refractivity contribution in [2.75, 3.05) is 5.73 Å². The summed E-state index contributed by atoms with van der Waals surface area (Å²) < 4.78 is 8.34. The molecule has 5 nitrogen and oxygen atoms in total. The van der Waals surface area contributed by atoms with Gasteiger partial charge in [-0.1, -0.05) is 55.8 Å². The highest BCUT2D eigenvalue weighted by molar-refractivity contribution is 6.00. The van der Waals surface area contributed by atoms with Gasteiger partial charge in [0, 0.05) is 17.8 Å². The van der Waals surface area contributed by atoms with E-state index >= 15 is 0 Å². The number of aromatic nitrogens is 3. The molecule has 5 rings (SSSR count). The Morgan fingerprint density at radius 2 is 1.90 bits per heavy atom. The number of rotatable bonds is 6. The molecule has 2 aromatic heterocycles. The third-order valence-corrected chi connectivity index (χ3v) is 6.21. The first-order valence-electron chi connectivity index (χ1n) is 10.6. The van der Waals surface area contributed by atoms with Gasteiger partial charge in [0.2, 0.25) is 0 Å². The van der Waals surface area contributed by atoms with Gasteiger partial charge in [-0.3, -0.25) is 0 Å². The highest BCUT2D eigenvalue weighted by Gasteiger charge is 2.31. The van der Waals surface area contributed by atoms with Gasteiger partial charge >= 0.3 is 0 Å². The Morgan fingerprint density at radius 1 is 1.07 bits per heavy atom. The highest BCUT2D eigenvalue weighted by atomic mass is 16.5. The van der Waals surface area contributed by atoms with Gasteiger partial charge in [0.15, 0.2) is 0 Å². The van der Waals surface area contributed by atoms with Crippen LogP contribution < -0.4 is 10.5 Å². The smallest absolute Gasteiger partial charge is 0.146 e. The molecular formula is C25H26N4O. The SMILES string of the molecule is CCC1CC(n2cc(-c3cccc(OCc4ccccc4)c3)c3c(N)ncnc32)C1. The fourth-order valence-electron chi connectivity index (χ4n) is 4.36. The van der Waals surface area contributed by atoms with Crippen molar-refractivity contribution < 1.29 is 4.74 Å². The number of fused-ring (bicyclic) bond motifs is 1. The molecule has 0 saturated heterocycles. The van der Waals surface area contributed by atoms with Crippen LogP contribution in [0, 0.1) is 5.92 Å². The van der Waals surface area contributed by atoms with Crippen LogP contribution in [0.2, 0.25) is 0 Å². The molecule has 1 aliphatic carbocycles. The van der Waals surface area contributed by atoms with E-state index in [1.807, 2.05) is 30.3 Å². The lowest BCUT2D eigenvalue weighted by atomic mass is 9.78.